The van der Waals surface area contributed by atoms with E-state index in [9.17, 15) is 4.79 Å². The molecule has 0 aromatic rings. The van der Waals surface area contributed by atoms with E-state index in [0.29, 0.717) is 5.92 Å². The Morgan fingerprint density at radius 2 is 1.82 bits per heavy atom. The summed E-state index contributed by atoms with van der Waals surface area (Å²) in [6.45, 7) is 6.23. The summed E-state index contributed by atoms with van der Waals surface area (Å²) < 4.78 is 0. The highest BCUT2D eigenvalue weighted by atomic mass is 16.1. The van der Waals surface area contributed by atoms with Crippen LogP contribution in [0.15, 0.2) is 0 Å². The largest absolute Gasteiger partial charge is 0.354 e. The van der Waals surface area contributed by atoms with Gasteiger partial charge in [-0.3, -0.25) is 4.79 Å². The molecule has 17 heavy (non-hydrogen) atoms. The number of rotatable bonds is 3. The first kappa shape index (κ1) is 12.9. The molecule has 0 heterocycles. The highest BCUT2D eigenvalue weighted by Crippen LogP contribution is 2.47. The molecule has 0 radical (unpaired) electrons. The summed E-state index contributed by atoms with van der Waals surface area (Å²) in [5.74, 6) is 2.89. The molecule has 2 saturated carbocycles. The maximum atomic E-state index is 12.1. The molecule has 2 aliphatic rings. The summed E-state index contributed by atoms with van der Waals surface area (Å²) in [6, 6.07) is 0.272. The van der Waals surface area contributed by atoms with Gasteiger partial charge in [0.15, 0.2) is 0 Å². The lowest BCUT2D eigenvalue weighted by Crippen LogP contribution is -2.38. The third-order valence-corrected chi connectivity index (χ3v) is 4.77. The molecule has 0 aromatic heterocycles. The fourth-order valence-electron chi connectivity index (χ4n) is 3.91. The van der Waals surface area contributed by atoms with E-state index in [1.807, 2.05) is 13.8 Å². The molecule has 2 heteroatoms. The molecule has 1 N–H and O–H groups in total. The van der Waals surface area contributed by atoms with Crippen molar-refractivity contribution < 1.29 is 4.79 Å². The van der Waals surface area contributed by atoms with Gasteiger partial charge in [0.1, 0.15) is 0 Å². The molecule has 0 aromatic carbocycles. The SMILES string of the molecule is CC(C)NC(=O)[C@@H](C)[C@H]1C[C@@H]2CCCCC1C2. The quantitative estimate of drug-likeness (QED) is 0.801. The normalized spacial score (nSPS) is 34.5. The van der Waals surface area contributed by atoms with Crippen LogP contribution < -0.4 is 5.32 Å². The Morgan fingerprint density at radius 3 is 2.53 bits per heavy atom. The minimum atomic E-state index is 0.213. The van der Waals surface area contributed by atoms with Crippen molar-refractivity contribution in [2.24, 2.45) is 23.7 Å². The molecule has 0 saturated heterocycles. The van der Waals surface area contributed by atoms with Crippen molar-refractivity contribution in [2.45, 2.75) is 65.3 Å². The fourth-order valence-corrected chi connectivity index (χ4v) is 3.91. The Bertz CT molecular complexity index is 274. The average molecular weight is 237 g/mol. The number of nitrogens with one attached hydrogen (secondary N) is 1. The standard InChI is InChI=1S/C15H27NO/c1-10(2)16-15(17)11(3)14-9-12-6-4-5-7-13(14)8-12/h10-14H,4-9H2,1-3H3,(H,16,17)/t11-,12+,13?,14+/m0/s1. The Kier molecular flexibility index (Phi) is 4.11. The zero-order chi connectivity index (χ0) is 12.4. The third kappa shape index (κ3) is 3.02. The number of carbonyl (C=O) groups is 1. The minimum Gasteiger partial charge on any atom is -0.354 e. The molecule has 0 spiro atoms. The second-order valence-corrected chi connectivity index (χ2v) is 6.50. The summed E-state index contributed by atoms with van der Waals surface area (Å²) >= 11 is 0. The van der Waals surface area contributed by atoms with Crippen LogP contribution in [0.3, 0.4) is 0 Å². The smallest absolute Gasteiger partial charge is 0.223 e. The van der Waals surface area contributed by atoms with Gasteiger partial charge in [-0.25, -0.2) is 0 Å². The van der Waals surface area contributed by atoms with E-state index in [1.54, 1.807) is 0 Å². The lowest BCUT2D eigenvalue weighted by atomic mass is 9.81. The highest BCUT2D eigenvalue weighted by molar-refractivity contribution is 5.78. The second-order valence-electron chi connectivity index (χ2n) is 6.50. The van der Waals surface area contributed by atoms with Crippen LogP contribution in [-0.2, 0) is 4.79 Å². The van der Waals surface area contributed by atoms with Crippen LogP contribution in [0.2, 0.25) is 0 Å². The third-order valence-electron chi connectivity index (χ3n) is 4.77. The van der Waals surface area contributed by atoms with Crippen LogP contribution in [0, 0.1) is 23.7 Å². The molecule has 0 aliphatic heterocycles. The van der Waals surface area contributed by atoms with Crippen molar-refractivity contribution in [3.8, 4) is 0 Å². The van der Waals surface area contributed by atoms with E-state index in [-0.39, 0.29) is 17.9 Å². The van der Waals surface area contributed by atoms with Crippen LogP contribution >= 0.6 is 0 Å². The molecule has 2 fully saturated rings. The topological polar surface area (TPSA) is 29.1 Å². The van der Waals surface area contributed by atoms with E-state index in [2.05, 4.69) is 12.2 Å². The molecule has 4 atom stereocenters. The number of hydrogen-bond donors (Lipinski definition) is 1. The predicted octanol–water partition coefficient (Wildman–Crippen LogP) is 3.36. The van der Waals surface area contributed by atoms with Crippen molar-refractivity contribution in [2.75, 3.05) is 0 Å². The second kappa shape index (κ2) is 5.41. The molecule has 1 unspecified atom stereocenters. The van der Waals surface area contributed by atoms with Crippen LogP contribution in [0.5, 0.6) is 0 Å². The van der Waals surface area contributed by atoms with Crippen LogP contribution in [0.4, 0.5) is 0 Å². The summed E-state index contributed by atoms with van der Waals surface area (Å²) in [5.41, 5.74) is 0. The van der Waals surface area contributed by atoms with E-state index >= 15 is 0 Å². The highest BCUT2D eigenvalue weighted by Gasteiger charge is 2.40. The van der Waals surface area contributed by atoms with Crippen molar-refractivity contribution in [1.29, 1.82) is 0 Å². The minimum absolute atomic E-state index is 0.213. The Labute approximate surface area is 106 Å². The first-order chi connectivity index (χ1) is 8.08. The zero-order valence-corrected chi connectivity index (χ0v) is 11.5. The first-order valence-electron chi connectivity index (χ1n) is 7.38. The van der Waals surface area contributed by atoms with Gasteiger partial charge in [-0.15, -0.1) is 0 Å². The Balaban J connectivity index is 1.95. The number of carbonyl (C=O) groups excluding carboxylic acids is 1. The molecular weight excluding hydrogens is 210 g/mol. The first-order valence-corrected chi connectivity index (χ1v) is 7.38. The Morgan fingerprint density at radius 1 is 1.12 bits per heavy atom. The number of hydrogen-bond acceptors (Lipinski definition) is 1. The van der Waals surface area contributed by atoms with Gasteiger partial charge in [-0.2, -0.15) is 0 Å². The van der Waals surface area contributed by atoms with E-state index < -0.39 is 0 Å². The molecule has 2 rings (SSSR count). The fraction of sp³-hybridized carbons (Fsp3) is 0.933. The Hall–Kier alpha value is -0.530. The van der Waals surface area contributed by atoms with Gasteiger partial charge in [0.05, 0.1) is 0 Å². The lowest BCUT2D eigenvalue weighted by molar-refractivity contribution is -0.127. The summed E-state index contributed by atoms with van der Waals surface area (Å²) in [7, 11) is 0. The summed E-state index contributed by atoms with van der Waals surface area (Å²) in [4.78, 5) is 12.1. The molecule has 2 nitrogen and oxygen atoms in total. The lowest BCUT2D eigenvalue weighted by Gasteiger charge is -2.26. The zero-order valence-electron chi connectivity index (χ0n) is 11.5. The van der Waals surface area contributed by atoms with Crippen LogP contribution in [0.1, 0.15) is 59.3 Å². The van der Waals surface area contributed by atoms with Gasteiger partial charge in [0, 0.05) is 12.0 Å². The van der Waals surface area contributed by atoms with Crippen molar-refractivity contribution in [1.82, 2.24) is 5.32 Å². The van der Waals surface area contributed by atoms with Crippen LogP contribution in [0.25, 0.3) is 0 Å². The molecular formula is C15H27NO. The van der Waals surface area contributed by atoms with Crippen molar-refractivity contribution in [3.63, 3.8) is 0 Å². The van der Waals surface area contributed by atoms with Gasteiger partial charge in [0.25, 0.3) is 0 Å². The average Bonchev–Trinajstić information content (AvgIpc) is 2.48. The van der Waals surface area contributed by atoms with E-state index in [0.717, 1.165) is 11.8 Å². The van der Waals surface area contributed by atoms with Gasteiger partial charge in [-0.05, 0) is 44.4 Å². The van der Waals surface area contributed by atoms with E-state index in [1.165, 1.54) is 38.5 Å². The molecule has 2 aliphatic carbocycles. The van der Waals surface area contributed by atoms with Crippen molar-refractivity contribution in [3.05, 3.63) is 0 Å². The maximum absolute atomic E-state index is 12.1. The van der Waals surface area contributed by atoms with Gasteiger partial charge >= 0.3 is 0 Å². The van der Waals surface area contributed by atoms with Gasteiger partial charge in [0.2, 0.25) is 5.91 Å². The van der Waals surface area contributed by atoms with Gasteiger partial charge < -0.3 is 5.32 Å². The van der Waals surface area contributed by atoms with Gasteiger partial charge in [-0.1, -0.05) is 32.6 Å². The number of fused-ring (bicyclic) bond motifs is 2. The predicted molar refractivity (Wildman–Crippen MR) is 70.6 cm³/mol. The number of amides is 1. The monoisotopic (exact) mass is 237 g/mol. The molecule has 1 amide bonds. The summed E-state index contributed by atoms with van der Waals surface area (Å²) in [5, 5.41) is 3.08. The maximum Gasteiger partial charge on any atom is 0.223 e. The van der Waals surface area contributed by atoms with Crippen LogP contribution in [-0.4, -0.2) is 11.9 Å². The summed E-state index contributed by atoms with van der Waals surface area (Å²) in [6.07, 6.45) is 8.27. The van der Waals surface area contributed by atoms with Crippen molar-refractivity contribution >= 4 is 5.91 Å². The van der Waals surface area contributed by atoms with E-state index in [4.69, 9.17) is 0 Å². The molecule has 98 valence electrons. The molecule has 2 bridgehead atoms.